The van der Waals surface area contributed by atoms with Crippen molar-refractivity contribution in [3.8, 4) is 17.4 Å². The molecule has 0 saturated carbocycles. The summed E-state index contributed by atoms with van der Waals surface area (Å²) in [5, 5.41) is 28.6. The average Bonchev–Trinajstić information content (AvgIpc) is 3.76. The molecule has 0 bridgehead atoms. The van der Waals surface area contributed by atoms with Gasteiger partial charge in [-0.15, -0.1) is 0 Å². The molecule has 230 valence electrons. The highest BCUT2D eigenvalue weighted by Crippen LogP contribution is 2.46. The second-order valence-corrected chi connectivity index (χ2v) is 12.5. The summed E-state index contributed by atoms with van der Waals surface area (Å²) in [6, 6.07) is 50.8. The van der Waals surface area contributed by atoms with Crippen molar-refractivity contribution < 1.29 is 9.90 Å². The molecule has 1 unspecified atom stereocenters. The molecule has 1 aliphatic rings. The van der Waals surface area contributed by atoms with Gasteiger partial charge in [0.1, 0.15) is 6.07 Å². The van der Waals surface area contributed by atoms with Gasteiger partial charge in [-0.3, -0.25) is 9.69 Å². The lowest BCUT2D eigenvalue weighted by Gasteiger charge is -2.23. The highest BCUT2D eigenvalue weighted by Gasteiger charge is 2.40. The van der Waals surface area contributed by atoms with Gasteiger partial charge in [-0.1, -0.05) is 91.0 Å². The number of hydrogen-bond acceptors (Lipinski definition) is 3. The van der Waals surface area contributed by atoms with E-state index in [1.54, 1.807) is 30.3 Å². The lowest BCUT2D eigenvalue weighted by Crippen LogP contribution is -2.28. The summed E-state index contributed by atoms with van der Waals surface area (Å²) in [6.07, 6.45) is -1.29. The lowest BCUT2D eigenvalue weighted by molar-refractivity contribution is 0.0935. The third-order valence-corrected chi connectivity index (χ3v) is 10.0. The zero-order chi connectivity index (χ0) is 32.8. The first kappa shape index (κ1) is 27.4. The van der Waals surface area contributed by atoms with Crippen LogP contribution in [0.15, 0.2) is 146 Å². The van der Waals surface area contributed by atoms with Crippen LogP contribution in [0.2, 0.25) is 0 Å². The Balaban J connectivity index is 1.31. The summed E-state index contributed by atoms with van der Waals surface area (Å²) in [4.78, 5) is 15.3. The number of fused-ring (bicyclic) bond motifs is 9. The Hall–Kier alpha value is -6.68. The minimum Gasteiger partial charge on any atom is -0.369 e. The molecular formula is C43H26N4O2. The maximum atomic E-state index is 14.0. The van der Waals surface area contributed by atoms with Crippen molar-refractivity contribution >= 4 is 66.0 Å². The second kappa shape index (κ2) is 10.2. The zero-order valence-electron chi connectivity index (χ0n) is 26.1. The van der Waals surface area contributed by atoms with Crippen LogP contribution in [-0.4, -0.2) is 20.1 Å². The third kappa shape index (κ3) is 3.70. The van der Waals surface area contributed by atoms with Gasteiger partial charge in [0.25, 0.3) is 5.91 Å². The van der Waals surface area contributed by atoms with Crippen LogP contribution in [0.5, 0.6) is 0 Å². The van der Waals surface area contributed by atoms with E-state index in [0.29, 0.717) is 22.4 Å². The number of carbonyl (C=O) groups excluding carboxylic acids is 1. The fourth-order valence-corrected chi connectivity index (χ4v) is 7.95. The standard InChI is InChI=1S/C43H26N4O2/c44-25-28-12-3-6-16-34(28)47-42(48)33-15-9-19-37(40(33)43(47)49)46-35-17-7-4-13-30(35)31-22-23-38-39(41(31)46)32-14-5-8-18-36(32)45(38)29-21-20-26-10-1-2-11-27(26)24-29/h1-24,43,49H. The van der Waals surface area contributed by atoms with Gasteiger partial charge in [0.05, 0.1) is 39.0 Å². The van der Waals surface area contributed by atoms with E-state index in [1.165, 1.54) is 15.7 Å². The van der Waals surface area contributed by atoms with Crippen LogP contribution >= 0.6 is 0 Å². The number of benzene rings is 7. The molecule has 1 amide bonds. The normalized spacial score (nSPS) is 14.4. The van der Waals surface area contributed by atoms with Crippen molar-refractivity contribution in [1.82, 2.24) is 9.13 Å². The Morgan fingerprint density at radius 1 is 0.592 bits per heavy atom. The van der Waals surface area contributed by atoms with E-state index in [9.17, 15) is 15.2 Å². The monoisotopic (exact) mass is 630 g/mol. The minimum atomic E-state index is -1.29. The average molecular weight is 631 g/mol. The number of nitriles is 1. The van der Waals surface area contributed by atoms with E-state index in [4.69, 9.17) is 0 Å². The number of amides is 1. The molecule has 0 saturated heterocycles. The molecule has 49 heavy (non-hydrogen) atoms. The molecule has 6 nitrogen and oxygen atoms in total. The maximum absolute atomic E-state index is 14.0. The predicted octanol–water partition coefficient (Wildman–Crippen LogP) is 9.56. The fourth-order valence-electron chi connectivity index (χ4n) is 7.95. The smallest absolute Gasteiger partial charge is 0.261 e. The lowest BCUT2D eigenvalue weighted by atomic mass is 10.1. The van der Waals surface area contributed by atoms with Crippen LogP contribution < -0.4 is 4.90 Å². The third-order valence-electron chi connectivity index (χ3n) is 10.0. The zero-order valence-corrected chi connectivity index (χ0v) is 26.1. The number of aromatic nitrogens is 2. The van der Waals surface area contributed by atoms with E-state index >= 15 is 0 Å². The molecule has 0 fully saturated rings. The predicted molar refractivity (Wildman–Crippen MR) is 196 cm³/mol. The summed E-state index contributed by atoms with van der Waals surface area (Å²) in [5.41, 5.74) is 7.53. The van der Waals surface area contributed by atoms with Gasteiger partial charge >= 0.3 is 0 Å². The van der Waals surface area contributed by atoms with Crippen LogP contribution in [-0.2, 0) is 0 Å². The van der Waals surface area contributed by atoms with Crippen molar-refractivity contribution in [2.24, 2.45) is 0 Å². The Bertz CT molecular complexity index is 2910. The van der Waals surface area contributed by atoms with E-state index in [2.05, 4.69) is 106 Å². The Morgan fingerprint density at radius 3 is 2.12 bits per heavy atom. The molecule has 10 rings (SSSR count). The first-order valence-electron chi connectivity index (χ1n) is 16.2. The highest BCUT2D eigenvalue weighted by molar-refractivity contribution is 6.26. The van der Waals surface area contributed by atoms with Crippen LogP contribution in [0, 0.1) is 11.3 Å². The van der Waals surface area contributed by atoms with Crippen LogP contribution in [0.3, 0.4) is 0 Å². The van der Waals surface area contributed by atoms with Gasteiger partial charge in [0.2, 0.25) is 0 Å². The van der Waals surface area contributed by atoms with Crippen molar-refractivity contribution in [2.45, 2.75) is 6.23 Å². The van der Waals surface area contributed by atoms with E-state index in [0.717, 1.165) is 55.0 Å². The van der Waals surface area contributed by atoms with Crippen molar-refractivity contribution in [3.63, 3.8) is 0 Å². The van der Waals surface area contributed by atoms with Crippen LogP contribution in [0.4, 0.5) is 5.69 Å². The number of hydrogen-bond donors (Lipinski definition) is 1. The number of anilines is 1. The summed E-state index contributed by atoms with van der Waals surface area (Å²) >= 11 is 0. The Morgan fingerprint density at radius 2 is 1.29 bits per heavy atom. The molecule has 3 heterocycles. The Labute approximate surface area is 280 Å². The summed E-state index contributed by atoms with van der Waals surface area (Å²) in [6.45, 7) is 0. The van der Waals surface area contributed by atoms with Crippen molar-refractivity contribution in [3.05, 3.63) is 162 Å². The molecule has 2 aromatic heterocycles. The number of aliphatic hydroxyl groups excluding tert-OH is 1. The van der Waals surface area contributed by atoms with Gasteiger partial charge in [0, 0.05) is 38.4 Å². The second-order valence-electron chi connectivity index (χ2n) is 12.5. The number of carbonyl (C=O) groups is 1. The summed E-state index contributed by atoms with van der Waals surface area (Å²) in [7, 11) is 0. The largest absolute Gasteiger partial charge is 0.369 e. The molecule has 1 N–H and O–H groups in total. The molecule has 6 heteroatoms. The number of para-hydroxylation sites is 3. The minimum absolute atomic E-state index is 0.323. The van der Waals surface area contributed by atoms with Crippen LogP contribution in [0.1, 0.15) is 27.7 Å². The molecule has 0 aliphatic carbocycles. The molecule has 1 aliphatic heterocycles. The Kier molecular flexibility index (Phi) is 5.69. The molecule has 0 radical (unpaired) electrons. The van der Waals surface area contributed by atoms with Crippen LogP contribution in [0.25, 0.3) is 65.8 Å². The quantitative estimate of drug-likeness (QED) is 0.211. The van der Waals surface area contributed by atoms with Gasteiger partial charge in [0.15, 0.2) is 6.23 Å². The first-order chi connectivity index (χ1) is 24.1. The topological polar surface area (TPSA) is 74.2 Å². The van der Waals surface area contributed by atoms with E-state index < -0.39 is 6.23 Å². The molecule has 7 aromatic carbocycles. The SMILES string of the molecule is N#Cc1ccccc1N1C(=O)c2cccc(-n3c4ccccc4c4ccc5c(c6ccccc6n5-c5ccc6ccccc6c5)c43)c2C1O. The van der Waals surface area contributed by atoms with Gasteiger partial charge in [-0.25, -0.2) is 0 Å². The molecular weight excluding hydrogens is 604 g/mol. The van der Waals surface area contributed by atoms with Crippen molar-refractivity contribution in [2.75, 3.05) is 4.90 Å². The number of aliphatic hydroxyl groups is 1. The molecule has 0 spiro atoms. The highest BCUT2D eigenvalue weighted by atomic mass is 16.3. The van der Waals surface area contributed by atoms with Gasteiger partial charge in [-0.2, -0.15) is 5.26 Å². The maximum Gasteiger partial charge on any atom is 0.261 e. The van der Waals surface area contributed by atoms with Gasteiger partial charge in [-0.05, 0) is 65.4 Å². The van der Waals surface area contributed by atoms with Gasteiger partial charge < -0.3 is 14.2 Å². The molecule has 1 atom stereocenters. The fraction of sp³-hybridized carbons (Fsp3) is 0.0233. The number of rotatable bonds is 3. The van der Waals surface area contributed by atoms with E-state index in [1.807, 2.05) is 24.3 Å². The number of nitrogens with zero attached hydrogens (tertiary/aromatic N) is 4. The first-order valence-corrected chi connectivity index (χ1v) is 16.2. The van der Waals surface area contributed by atoms with Crippen molar-refractivity contribution in [1.29, 1.82) is 5.26 Å². The van der Waals surface area contributed by atoms with E-state index in [-0.39, 0.29) is 5.91 Å². The molecule has 9 aromatic rings. The summed E-state index contributed by atoms with van der Waals surface area (Å²) < 4.78 is 4.53. The summed E-state index contributed by atoms with van der Waals surface area (Å²) in [5.74, 6) is -0.342.